The van der Waals surface area contributed by atoms with E-state index in [4.69, 9.17) is 4.74 Å². The second kappa shape index (κ2) is 11.3. The fraction of sp³-hybridized carbons (Fsp3) is 0.211. The van der Waals surface area contributed by atoms with E-state index in [2.05, 4.69) is 30.8 Å². The van der Waals surface area contributed by atoms with Gasteiger partial charge in [-0.05, 0) is 23.8 Å². The van der Waals surface area contributed by atoms with E-state index >= 15 is 0 Å². The van der Waals surface area contributed by atoms with Crippen LogP contribution >= 0.6 is 24.0 Å². The molecule has 0 amide bonds. The van der Waals surface area contributed by atoms with Gasteiger partial charge in [-0.3, -0.25) is 10.1 Å². The Balaban J connectivity index is 0.00000300. The number of benzene rings is 2. The lowest BCUT2D eigenvalue weighted by Crippen LogP contribution is -2.38. The van der Waals surface area contributed by atoms with Gasteiger partial charge in [-0.15, -0.1) is 24.0 Å². The van der Waals surface area contributed by atoms with E-state index in [0.29, 0.717) is 24.9 Å². The van der Waals surface area contributed by atoms with Crippen molar-refractivity contribution in [1.82, 2.24) is 25.8 Å². The van der Waals surface area contributed by atoms with Gasteiger partial charge in [-0.2, -0.15) is 5.10 Å². The summed E-state index contributed by atoms with van der Waals surface area (Å²) < 4.78 is 31.7. The van der Waals surface area contributed by atoms with Crippen molar-refractivity contribution in [3.8, 4) is 17.1 Å². The molecule has 0 atom stereocenters. The fourth-order valence-corrected chi connectivity index (χ4v) is 2.50. The summed E-state index contributed by atoms with van der Waals surface area (Å²) in [5.74, 6) is -0.0766. The Morgan fingerprint density at radius 3 is 2.76 bits per heavy atom. The molecule has 0 saturated carbocycles. The van der Waals surface area contributed by atoms with Crippen LogP contribution in [0.2, 0.25) is 0 Å². The summed E-state index contributed by atoms with van der Waals surface area (Å²) in [6.07, 6.45) is 1.46. The van der Waals surface area contributed by atoms with Gasteiger partial charge >= 0.3 is 0 Å². The van der Waals surface area contributed by atoms with Gasteiger partial charge < -0.3 is 15.4 Å². The minimum Gasteiger partial charge on any atom is -0.489 e. The standard InChI is InChI=1S/C19H20F2N6O.HI/c1-22-19(23-7-8-28-17-6-5-15(20)10-16(17)21)24-11-13-3-2-4-14(9-13)18-25-12-26-27-18;/h2-6,9-10,12H,7-8,11H2,1H3,(H2,22,23,24)(H,25,26,27);1H. The molecule has 1 heterocycles. The molecule has 0 aliphatic carbocycles. The Kier molecular flexibility index (Phi) is 8.77. The number of guanidine groups is 1. The smallest absolute Gasteiger partial charge is 0.191 e. The van der Waals surface area contributed by atoms with Crippen molar-refractivity contribution in [2.45, 2.75) is 6.54 Å². The van der Waals surface area contributed by atoms with Crippen molar-refractivity contribution in [1.29, 1.82) is 0 Å². The minimum absolute atomic E-state index is 0. The first kappa shape index (κ1) is 22.5. The van der Waals surface area contributed by atoms with Gasteiger partial charge in [-0.1, -0.05) is 18.2 Å². The fourth-order valence-electron chi connectivity index (χ4n) is 2.50. The maximum atomic E-state index is 13.5. The van der Waals surface area contributed by atoms with Crippen LogP contribution < -0.4 is 15.4 Å². The largest absolute Gasteiger partial charge is 0.489 e. The normalized spacial score (nSPS) is 10.9. The molecule has 0 bridgehead atoms. The Morgan fingerprint density at radius 1 is 1.17 bits per heavy atom. The van der Waals surface area contributed by atoms with Crippen LogP contribution in [0.1, 0.15) is 5.56 Å². The number of nitrogens with one attached hydrogen (secondary N) is 3. The van der Waals surface area contributed by atoms with Gasteiger partial charge in [0.2, 0.25) is 0 Å². The first-order chi connectivity index (χ1) is 13.7. The van der Waals surface area contributed by atoms with Gasteiger partial charge in [-0.25, -0.2) is 13.8 Å². The van der Waals surface area contributed by atoms with E-state index in [1.807, 2.05) is 24.3 Å². The number of hydrogen-bond donors (Lipinski definition) is 3. The number of H-pyrrole nitrogens is 1. The van der Waals surface area contributed by atoms with E-state index in [-0.39, 0.29) is 36.3 Å². The molecule has 3 rings (SSSR count). The second-order valence-corrected chi connectivity index (χ2v) is 5.81. The maximum Gasteiger partial charge on any atom is 0.191 e. The first-order valence-corrected chi connectivity index (χ1v) is 8.63. The summed E-state index contributed by atoms with van der Waals surface area (Å²) in [5.41, 5.74) is 1.98. The molecule has 3 N–H and O–H groups in total. The minimum atomic E-state index is -0.728. The van der Waals surface area contributed by atoms with Crippen LogP contribution in [0.4, 0.5) is 8.78 Å². The molecule has 0 fully saturated rings. The van der Waals surface area contributed by atoms with Crippen LogP contribution in [-0.2, 0) is 6.54 Å². The SMILES string of the molecule is CN=C(NCCOc1ccc(F)cc1F)NCc1cccc(-c2ncn[nH]2)c1.I. The third-order valence-electron chi connectivity index (χ3n) is 3.85. The third-order valence-corrected chi connectivity index (χ3v) is 3.85. The van der Waals surface area contributed by atoms with Gasteiger partial charge in [0.25, 0.3) is 0 Å². The van der Waals surface area contributed by atoms with Gasteiger partial charge in [0, 0.05) is 25.2 Å². The summed E-state index contributed by atoms with van der Waals surface area (Å²) in [4.78, 5) is 8.28. The van der Waals surface area contributed by atoms with Crippen molar-refractivity contribution in [3.63, 3.8) is 0 Å². The lowest BCUT2D eigenvalue weighted by atomic mass is 10.1. The number of aromatic nitrogens is 3. The first-order valence-electron chi connectivity index (χ1n) is 8.63. The predicted molar refractivity (Wildman–Crippen MR) is 117 cm³/mol. The number of aliphatic imine (C=N–C) groups is 1. The molecule has 10 heteroatoms. The average molecular weight is 514 g/mol. The molecule has 3 aromatic rings. The zero-order chi connectivity index (χ0) is 19.8. The zero-order valence-corrected chi connectivity index (χ0v) is 18.0. The van der Waals surface area contributed by atoms with Crippen LogP contribution in [0.25, 0.3) is 11.4 Å². The number of aromatic amines is 1. The Bertz CT molecular complexity index is 936. The van der Waals surface area contributed by atoms with E-state index in [1.54, 1.807) is 7.05 Å². The molecule has 0 radical (unpaired) electrons. The molecule has 1 aromatic heterocycles. The van der Waals surface area contributed by atoms with Crippen LogP contribution in [0.15, 0.2) is 53.8 Å². The third kappa shape index (κ3) is 6.66. The molecule has 2 aromatic carbocycles. The number of halogens is 3. The highest BCUT2D eigenvalue weighted by Crippen LogP contribution is 2.17. The van der Waals surface area contributed by atoms with Crippen molar-refractivity contribution in [2.75, 3.05) is 20.2 Å². The highest BCUT2D eigenvalue weighted by Gasteiger charge is 2.05. The predicted octanol–water partition coefficient (Wildman–Crippen LogP) is 3.11. The van der Waals surface area contributed by atoms with E-state index in [0.717, 1.165) is 23.3 Å². The van der Waals surface area contributed by atoms with Crippen molar-refractivity contribution >= 4 is 29.9 Å². The molecule has 0 aliphatic rings. The number of ether oxygens (including phenoxy) is 1. The Labute approximate surface area is 184 Å². The van der Waals surface area contributed by atoms with Crippen LogP contribution in [-0.4, -0.2) is 41.3 Å². The summed E-state index contributed by atoms with van der Waals surface area (Å²) in [6.45, 7) is 1.15. The quantitative estimate of drug-likeness (QED) is 0.195. The molecule has 0 unspecified atom stereocenters. The highest BCUT2D eigenvalue weighted by molar-refractivity contribution is 14.0. The topological polar surface area (TPSA) is 87.2 Å². The number of rotatable bonds is 7. The van der Waals surface area contributed by atoms with E-state index in [1.165, 1.54) is 12.4 Å². The molecule has 154 valence electrons. The zero-order valence-electron chi connectivity index (χ0n) is 15.7. The van der Waals surface area contributed by atoms with Crippen molar-refractivity contribution in [2.24, 2.45) is 4.99 Å². The molecular weight excluding hydrogens is 493 g/mol. The molecule has 0 saturated heterocycles. The number of hydrogen-bond acceptors (Lipinski definition) is 4. The van der Waals surface area contributed by atoms with Crippen LogP contribution in [0.3, 0.4) is 0 Å². The summed E-state index contributed by atoms with van der Waals surface area (Å²) in [7, 11) is 1.65. The Hall–Kier alpha value is -2.76. The van der Waals surface area contributed by atoms with Gasteiger partial charge in [0.1, 0.15) is 18.8 Å². The van der Waals surface area contributed by atoms with Crippen molar-refractivity contribution < 1.29 is 13.5 Å². The molecule has 29 heavy (non-hydrogen) atoms. The van der Waals surface area contributed by atoms with Gasteiger partial charge in [0.05, 0.1) is 6.54 Å². The maximum absolute atomic E-state index is 13.5. The number of nitrogens with zero attached hydrogens (tertiary/aromatic N) is 3. The average Bonchev–Trinajstić information content (AvgIpc) is 3.24. The molecular formula is C19H21F2IN6O. The monoisotopic (exact) mass is 514 g/mol. The van der Waals surface area contributed by atoms with E-state index < -0.39 is 11.6 Å². The lowest BCUT2D eigenvalue weighted by molar-refractivity contribution is 0.304. The lowest BCUT2D eigenvalue weighted by Gasteiger charge is -2.13. The van der Waals surface area contributed by atoms with Crippen LogP contribution in [0, 0.1) is 11.6 Å². The summed E-state index contributed by atoms with van der Waals surface area (Å²) in [5, 5.41) is 12.9. The second-order valence-electron chi connectivity index (χ2n) is 5.81. The molecule has 0 aliphatic heterocycles. The molecule has 7 nitrogen and oxygen atoms in total. The molecule has 0 spiro atoms. The summed E-state index contributed by atoms with van der Waals surface area (Å²) >= 11 is 0. The van der Waals surface area contributed by atoms with Crippen molar-refractivity contribution in [3.05, 3.63) is 66.0 Å². The highest BCUT2D eigenvalue weighted by atomic mass is 127. The Morgan fingerprint density at radius 2 is 2.03 bits per heavy atom. The summed E-state index contributed by atoms with van der Waals surface area (Å²) in [6, 6.07) is 11.1. The van der Waals surface area contributed by atoms with Gasteiger partial charge in [0.15, 0.2) is 23.4 Å². The van der Waals surface area contributed by atoms with E-state index in [9.17, 15) is 8.78 Å². The van der Waals surface area contributed by atoms with Crippen LogP contribution in [0.5, 0.6) is 5.75 Å².